The molecule has 4 heteroatoms. The molecule has 1 aromatic carbocycles. The maximum Gasteiger partial charge on any atom is 0.127 e. The number of hydrogen-bond donors (Lipinski definition) is 1. The first-order valence-corrected chi connectivity index (χ1v) is 7.86. The molecule has 1 aromatic heterocycles. The molecule has 1 aliphatic heterocycles. The van der Waals surface area contributed by atoms with Crippen LogP contribution in [-0.2, 0) is 0 Å². The Kier molecular flexibility index (Phi) is 3.74. The zero-order valence-corrected chi connectivity index (χ0v) is 13.1. The number of piperidine rings is 1. The van der Waals surface area contributed by atoms with Crippen molar-refractivity contribution in [3.63, 3.8) is 0 Å². The van der Waals surface area contributed by atoms with Crippen molar-refractivity contribution in [1.29, 1.82) is 0 Å². The van der Waals surface area contributed by atoms with Gasteiger partial charge in [0.25, 0.3) is 0 Å². The number of hydrogen-bond acceptors (Lipinski definition) is 2. The normalized spacial score (nSPS) is 23.6. The maximum atomic E-state index is 6.11. The lowest BCUT2D eigenvalue weighted by Gasteiger charge is -2.30. The van der Waals surface area contributed by atoms with Crippen molar-refractivity contribution >= 4 is 22.6 Å². The fraction of sp³-hybridized carbons (Fsp3) is 0.562. The van der Waals surface area contributed by atoms with Crippen molar-refractivity contribution in [2.45, 2.75) is 45.7 Å². The highest BCUT2D eigenvalue weighted by molar-refractivity contribution is 6.31. The van der Waals surface area contributed by atoms with Crippen molar-refractivity contribution in [2.24, 2.45) is 5.92 Å². The minimum absolute atomic E-state index is 0.345. The largest absolute Gasteiger partial charge is 0.324 e. The average molecular weight is 292 g/mol. The van der Waals surface area contributed by atoms with E-state index in [4.69, 9.17) is 16.6 Å². The SMILES string of the molecule is CC1CCCNC1c1nc2cc(Cl)ccc2n1C(C)C. The fourth-order valence-electron chi connectivity index (χ4n) is 3.25. The second kappa shape index (κ2) is 5.38. The number of benzene rings is 1. The van der Waals surface area contributed by atoms with Gasteiger partial charge < -0.3 is 9.88 Å². The first-order chi connectivity index (χ1) is 9.58. The Balaban J connectivity index is 2.15. The zero-order valence-electron chi connectivity index (χ0n) is 12.4. The van der Waals surface area contributed by atoms with E-state index in [2.05, 4.69) is 36.7 Å². The van der Waals surface area contributed by atoms with Gasteiger partial charge in [0.2, 0.25) is 0 Å². The second-order valence-corrected chi connectivity index (χ2v) is 6.55. The van der Waals surface area contributed by atoms with Crippen molar-refractivity contribution < 1.29 is 0 Å². The molecule has 0 radical (unpaired) electrons. The summed E-state index contributed by atoms with van der Waals surface area (Å²) in [7, 11) is 0. The number of aromatic nitrogens is 2. The molecule has 2 aromatic rings. The predicted octanol–water partition coefficient (Wildman–Crippen LogP) is 4.33. The summed E-state index contributed by atoms with van der Waals surface area (Å²) in [6.07, 6.45) is 2.52. The van der Waals surface area contributed by atoms with Crippen LogP contribution in [-0.4, -0.2) is 16.1 Å². The summed E-state index contributed by atoms with van der Waals surface area (Å²) >= 11 is 6.11. The number of halogens is 1. The van der Waals surface area contributed by atoms with Crippen LogP contribution in [0.15, 0.2) is 18.2 Å². The molecule has 1 aliphatic rings. The first-order valence-electron chi connectivity index (χ1n) is 7.48. The van der Waals surface area contributed by atoms with Crippen molar-refractivity contribution in [1.82, 2.24) is 14.9 Å². The predicted molar refractivity (Wildman–Crippen MR) is 84.3 cm³/mol. The molecule has 1 saturated heterocycles. The number of fused-ring (bicyclic) bond motifs is 1. The molecule has 1 N–H and O–H groups in total. The van der Waals surface area contributed by atoms with Gasteiger partial charge in [-0.3, -0.25) is 0 Å². The summed E-state index contributed by atoms with van der Waals surface area (Å²) in [5.41, 5.74) is 2.18. The minimum Gasteiger partial charge on any atom is -0.324 e. The van der Waals surface area contributed by atoms with Crippen LogP contribution < -0.4 is 5.32 Å². The standard InChI is InChI=1S/C16H22ClN3/c1-10(2)20-14-7-6-12(17)9-13(14)19-16(20)15-11(3)5-4-8-18-15/h6-7,9-11,15,18H,4-5,8H2,1-3H3. The molecular weight excluding hydrogens is 270 g/mol. The van der Waals surface area contributed by atoms with E-state index in [0.717, 1.165) is 22.9 Å². The van der Waals surface area contributed by atoms with E-state index >= 15 is 0 Å². The van der Waals surface area contributed by atoms with E-state index in [9.17, 15) is 0 Å². The van der Waals surface area contributed by atoms with E-state index in [-0.39, 0.29) is 0 Å². The van der Waals surface area contributed by atoms with Gasteiger partial charge in [-0.15, -0.1) is 0 Å². The smallest absolute Gasteiger partial charge is 0.127 e. The van der Waals surface area contributed by atoms with Crippen LogP contribution in [0.3, 0.4) is 0 Å². The number of rotatable bonds is 2. The van der Waals surface area contributed by atoms with Crippen LogP contribution >= 0.6 is 11.6 Å². The van der Waals surface area contributed by atoms with Crippen LogP contribution in [0.25, 0.3) is 11.0 Å². The number of nitrogens with zero attached hydrogens (tertiary/aromatic N) is 2. The van der Waals surface area contributed by atoms with Crippen LogP contribution in [0.1, 0.15) is 51.5 Å². The highest BCUT2D eigenvalue weighted by Gasteiger charge is 2.28. The van der Waals surface area contributed by atoms with Gasteiger partial charge in [-0.2, -0.15) is 0 Å². The molecule has 0 aliphatic carbocycles. The summed E-state index contributed by atoms with van der Waals surface area (Å²) in [6, 6.07) is 6.74. The van der Waals surface area contributed by atoms with Gasteiger partial charge in [-0.05, 0) is 57.4 Å². The van der Waals surface area contributed by atoms with Crippen molar-refractivity contribution in [3.05, 3.63) is 29.0 Å². The maximum absolute atomic E-state index is 6.11. The van der Waals surface area contributed by atoms with Gasteiger partial charge in [0.15, 0.2) is 0 Å². The molecule has 108 valence electrons. The summed E-state index contributed by atoms with van der Waals surface area (Å²) in [6.45, 7) is 7.82. The Morgan fingerprint density at radius 2 is 2.20 bits per heavy atom. The highest BCUT2D eigenvalue weighted by Crippen LogP contribution is 2.33. The molecule has 2 unspecified atom stereocenters. The van der Waals surface area contributed by atoms with E-state index < -0.39 is 0 Å². The Morgan fingerprint density at radius 1 is 1.40 bits per heavy atom. The summed E-state index contributed by atoms with van der Waals surface area (Å²) in [4.78, 5) is 4.88. The summed E-state index contributed by atoms with van der Waals surface area (Å²) in [5.74, 6) is 1.78. The van der Waals surface area contributed by atoms with Crippen LogP contribution in [0.5, 0.6) is 0 Å². The molecule has 3 nitrogen and oxygen atoms in total. The van der Waals surface area contributed by atoms with Crippen molar-refractivity contribution in [3.8, 4) is 0 Å². The molecule has 0 bridgehead atoms. The molecular formula is C16H22ClN3. The highest BCUT2D eigenvalue weighted by atomic mass is 35.5. The van der Waals surface area contributed by atoms with Gasteiger partial charge in [0, 0.05) is 11.1 Å². The molecule has 20 heavy (non-hydrogen) atoms. The quantitative estimate of drug-likeness (QED) is 0.892. The topological polar surface area (TPSA) is 29.9 Å². The van der Waals surface area contributed by atoms with Gasteiger partial charge in [0.05, 0.1) is 17.1 Å². The lowest BCUT2D eigenvalue weighted by Crippen LogP contribution is -2.35. The fourth-order valence-corrected chi connectivity index (χ4v) is 3.41. The minimum atomic E-state index is 0.345. The van der Waals surface area contributed by atoms with E-state index in [0.29, 0.717) is 18.0 Å². The van der Waals surface area contributed by atoms with Gasteiger partial charge in [-0.25, -0.2) is 4.98 Å². The summed E-state index contributed by atoms with van der Waals surface area (Å²) < 4.78 is 2.35. The molecule has 3 rings (SSSR count). The van der Waals surface area contributed by atoms with E-state index in [1.54, 1.807) is 0 Å². The average Bonchev–Trinajstić information content (AvgIpc) is 2.77. The van der Waals surface area contributed by atoms with Gasteiger partial charge >= 0.3 is 0 Å². The lowest BCUT2D eigenvalue weighted by molar-refractivity contribution is 0.286. The van der Waals surface area contributed by atoms with Gasteiger partial charge in [0.1, 0.15) is 5.82 Å². The first kappa shape index (κ1) is 13.9. The third-order valence-corrected chi connectivity index (χ3v) is 4.48. The third kappa shape index (κ3) is 2.33. The van der Waals surface area contributed by atoms with Crippen LogP contribution in [0.2, 0.25) is 5.02 Å². The monoisotopic (exact) mass is 291 g/mol. The van der Waals surface area contributed by atoms with E-state index in [1.807, 2.05) is 12.1 Å². The van der Waals surface area contributed by atoms with Crippen molar-refractivity contribution in [2.75, 3.05) is 6.54 Å². The second-order valence-electron chi connectivity index (χ2n) is 6.12. The molecule has 0 amide bonds. The van der Waals surface area contributed by atoms with Gasteiger partial charge in [-0.1, -0.05) is 18.5 Å². The van der Waals surface area contributed by atoms with E-state index in [1.165, 1.54) is 18.4 Å². The molecule has 0 saturated carbocycles. The summed E-state index contributed by atoms with van der Waals surface area (Å²) in [5, 5.41) is 4.39. The number of imidazole rings is 1. The Hall–Kier alpha value is -1.06. The lowest BCUT2D eigenvalue weighted by atomic mass is 9.92. The van der Waals surface area contributed by atoms with Crippen LogP contribution in [0.4, 0.5) is 0 Å². The molecule has 2 heterocycles. The van der Waals surface area contributed by atoms with Crippen LogP contribution in [0, 0.1) is 5.92 Å². The number of nitrogens with one attached hydrogen (secondary N) is 1. The third-order valence-electron chi connectivity index (χ3n) is 4.24. The Labute approximate surface area is 125 Å². The Bertz CT molecular complexity index is 617. The Morgan fingerprint density at radius 3 is 2.90 bits per heavy atom. The molecule has 2 atom stereocenters. The zero-order chi connectivity index (χ0) is 14.3. The molecule has 0 spiro atoms. The molecule has 1 fully saturated rings.